The van der Waals surface area contributed by atoms with Crippen LogP contribution in [0.15, 0.2) is 24.3 Å². The molecular formula is C16H18O5. The predicted molar refractivity (Wildman–Crippen MR) is 76.9 cm³/mol. The molecular weight excluding hydrogens is 272 g/mol. The number of hydrogen-bond acceptors (Lipinski definition) is 4. The number of phenolic OH excluding ortho intramolecular Hbond substituents is 2. The summed E-state index contributed by atoms with van der Waals surface area (Å²) in [6.07, 6.45) is 5.47. The second-order valence-corrected chi connectivity index (χ2v) is 5.38. The molecule has 5 nitrogen and oxygen atoms in total. The fraction of sp³-hybridized carbons (Fsp3) is 0.375. The summed E-state index contributed by atoms with van der Waals surface area (Å²) < 4.78 is 0. The van der Waals surface area contributed by atoms with E-state index in [1.165, 1.54) is 18.2 Å². The number of carboxylic acid groups (broad SMARTS) is 1. The molecule has 0 amide bonds. The van der Waals surface area contributed by atoms with Crippen LogP contribution in [0.4, 0.5) is 0 Å². The average molecular weight is 290 g/mol. The molecule has 1 aromatic carbocycles. The van der Waals surface area contributed by atoms with E-state index in [9.17, 15) is 19.8 Å². The van der Waals surface area contributed by atoms with Crippen molar-refractivity contribution < 1.29 is 24.9 Å². The Morgan fingerprint density at radius 1 is 1.10 bits per heavy atom. The topological polar surface area (TPSA) is 94.8 Å². The lowest BCUT2D eigenvalue weighted by molar-refractivity contribution is -0.143. The van der Waals surface area contributed by atoms with Gasteiger partial charge in [0.05, 0.1) is 5.92 Å². The van der Waals surface area contributed by atoms with E-state index in [2.05, 4.69) is 0 Å². The minimum atomic E-state index is -0.833. The molecule has 0 radical (unpaired) electrons. The van der Waals surface area contributed by atoms with E-state index in [-0.39, 0.29) is 23.2 Å². The zero-order chi connectivity index (χ0) is 15.4. The predicted octanol–water partition coefficient (Wildman–Crippen LogP) is 2.57. The molecule has 21 heavy (non-hydrogen) atoms. The van der Waals surface area contributed by atoms with Crippen molar-refractivity contribution in [1.82, 2.24) is 0 Å². The van der Waals surface area contributed by atoms with Crippen LogP contribution in [-0.4, -0.2) is 27.1 Å². The normalized spacial score (nSPS) is 22.3. The summed E-state index contributed by atoms with van der Waals surface area (Å²) in [7, 11) is 0. The summed E-state index contributed by atoms with van der Waals surface area (Å²) in [4.78, 5) is 23.1. The lowest BCUT2D eigenvalue weighted by Crippen LogP contribution is -2.26. The monoisotopic (exact) mass is 290 g/mol. The fourth-order valence-electron chi connectivity index (χ4n) is 2.63. The fourth-order valence-corrected chi connectivity index (χ4v) is 2.63. The molecule has 0 spiro atoms. The largest absolute Gasteiger partial charge is 0.504 e. The Kier molecular flexibility index (Phi) is 4.62. The number of phenols is 2. The number of benzene rings is 1. The Morgan fingerprint density at radius 3 is 2.48 bits per heavy atom. The van der Waals surface area contributed by atoms with Crippen molar-refractivity contribution in [1.29, 1.82) is 0 Å². The zero-order valence-corrected chi connectivity index (χ0v) is 11.5. The Balaban J connectivity index is 2.01. The smallest absolute Gasteiger partial charge is 0.306 e. The number of carboxylic acids is 1. The van der Waals surface area contributed by atoms with Gasteiger partial charge in [0, 0.05) is 5.92 Å². The quantitative estimate of drug-likeness (QED) is 0.585. The molecule has 2 unspecified atom stereocenters. The first-order valence-electron chi connectivity index (χ1n) is 6.94. The van der Waals surface area contributed by atoms with Crippen LogP contribution in [0.3, 0.4) is 0 Å². The number of aromatic hydroxyl groups is 2. The van der Waals surface area contributed by atoms with Crippen molar-refractivity contribution in [3.05, 3.63) is 29.8 Å². The van der Waals surface area contributed by atoms with Crippen molar-refractivity contribution in [2.75, 3.05) is 0 Å². The summed E-state index contributed by atoms with van der Waals surface area (Å²) in [5.74, 6) is -2.06. The molecule has 0 bridgehead atoms. The number of aliphatic carboxylic acids is 1. The van der Waals surface area contributed by atoms with E-state index in [4.69, 9.17) is 5.11 Å². The molecule has 0 heterocycles. The number of carbonyl (C=O) groups excluding carboxylic acids is 1. The number of ketones is 1. The van der Waals surface area contributed by atoms with Crippen LogP contribution in [0, 0.1) is 11.8 Å². The Morgan fingerprint density at radius 2 is 1.81 bits per heavy atom. The molecule has 112 valence electrons. The van der Waals surface area contributed by atoms with Gasteiger partial charge in [0.1, 0.15) is 0 Å². The van der Waals surface area contributed by atoms with Gasteiger partial charge in [-0.2, -0.15) is 0 Å². The highest BCUT2D eigenvalue weighted by molar-refractivity contribution is 5.95. The van der Waals surface area contributed by atoms with Crippen LogP contribution in [-0.2, 0) is 9.59 Å². The highest BCUT2D eigenvalue weighted by atomic mass is 16.4. The van der Waals surface area contributed by atoms with Gasteiger partial charge in [0.2, 0.25) is 0 Å². The minimum Gasteiger partial charge on any atom is -0.504 e. The second kappa shape index (κ2) is 6.43. The van der Waals surface area contributed by atoms with Gasteiger partial charge in [-0.3, -0.25) is 9.59 Å². The minimum absolute atomic E-state index is 0.0893. The number of hydrogen-bond donors (Lipinski definition) is 3. The number of carbonyl (C=O) groups is 2. The highest BCUT2D eigenvalue weighted by Crippen LogP contribution is 2.30. The van der Waals surface area contributed by atoms with Gasteiger partial charge in [-0.15, -0.1) is 0 Å². The van der Waals surface area contributed by atoms with Crippen LogP contribution in [0.2, 0.25) is 0 Å². The van der Waals surface area contributed by atoms with Crippen LogP contribution in [0.25, 0.3) is 6.08 Å². The van der Waals surface area contributed by atoms with Gasteiger partial charge in [-0.25, -0.2) is 0 Å². The van der Waals surface area contributed by atoms with Crippen LogP contribution in [0.1, 0.15) is 31.2 Å². The summed E-state index contributed by atoms with van der Waals surface area (Å²) in [6, 6.07) is 4.29. The summed E-state index contributed by atoms with van der Waals surface area (Å²) in [5.41, 5.74) is 0.601. The number of allylic oxidation sites excluding steroid dienone is 1. The molecule has 3 N–H and O–H groups in total. The van der Waals surface area contributed by atoms with Gasteiger partial charge < -0.3 is 15.3 Å². The maximum atomic E-state index is 12.1. The molecule has 2 atom stereocenters. The first-order valence-corrected chi connectivity index (χ1v) is 6.94. The maximum absolute atomic E-state index is 12.1. The van der Waals surface area contributed by atoms with Crippen LogP contribution in [0.5, 0.6) is 11.5 Å². The van der Waals surface area contributed by atoms with Crippen molar-refractivity contribution in [3.8, 4) is 11.5 Å². The van der Waals surface area contributed by atoms with Crippen molar-refractivity contribution in [3.63, 3.8) is 0 Å². The van der Waals surface area contributed by atoms with E-state index < -0.39 is 11.9 Å². The first-order chi connectivity index (χ1) is 9.97. The van der Waals surface area contributed by atoms with Gasteiger partial charge in [0.25, 0.3) is 0 Å². The Labute approximate surface area is 122 Å². The van der Waals surface area contributed by atoms with E-state index in [0.29, 0.717) is 24.8 Å². The van der Waals surface area contributed by atoms with E-state index in [1.807, 2.05) is 0 Å². The molecule has 1 aliphatic rings. The molecule has 5 heteroatoms. The third-order valence-corrected chi connectivity index (χ3v) is 3.87. The molecule has 1 aliphatic carbocycles. The molecule has 1 aromatic rings. The number of rotatable bonds is 4. The third-order valence-electron chi connectivity index (χ3n) is 3.87. The molecule has 0 aliphatic heterocycles. The molecule has 2 rings (SSSR count). The highest BCUT2D eigenvalue weighted by Gasteiger charge is 2.29. The lowest BCUT2D eigenvalue weighted by Gasteiger charge is -2.24. The summed E-state index contributed by atoms with van der Waals surface area (Å²) >= 11 is 0. The Bertz CT molecular complexity index is 576. The average Bonchev–Trinajstić information content (AvgIpc) is 2.48. The zero-order valence-electron chi connectivity index (χ0n) is 11.5. The van der Waals surface area contributed by atoms with Crippen LogP contribution >= 0.6 is 0 Å². The van der Waals surface area contributed by atoms with E-state index >= 15 is 0 Å². The lowest BCUT2D eigenvalue weighted by atomic mass is 9.79. The van der Waals surface area contributed by atoms with Gasteiger partial charge in [-0.1, -0.05) is 18.6 Å². The van der Waals surface area contributed by atoms with Crippen molar-refractivity contribution in [2.45, 2.75) is 25.7 Å². The van der Waals surface area contributed by atoms with Crippen molar-refractivity contribution >= 4 is 17.8 Å². The molecule has 0 saturated heterocycles. The summed E-state index contributed by atoms with van der Waals surface area (Å²) in [6.45, 7) is 0. The van der Waals surface area contributed by atoms with Gasteiger partial charge in [-0.05, 0) is 43.0 Å². The molecule has 1 fully saturated rings. The molecule has 0 aromatic heterocycles. The van der Waals surface area contributed by atoms with E-state index in [0.717, 1.165) is 6.42 Å². The van der Waals surface area contributed by atoms with Gasteiger partial charge in [0.15, 0.2) is 17.3 Å². The first kappa shape index (κ1) is 15.1. The molecule has 1 saturated carbocycles. The second-order valence-electron chi connectivity index (χ2n) is 5.38. The van der Waals surface area contributed by atoms with Crippen LogP contribution < -0.4 is 0 Å². The standard InChI is InChI=1S/C16H18O5/c17-13(11-2-1-3-12(9-11)16(20)21)6-4-10-5-7-14(18)15(19)8-10/h4-8,11-12,18-19H,1-3,9H2,(H,20,21)/b6-4+. The third kappa shape index (κ3) is 3.84. The van der Waals surface area contributed by atoms with Crippen molar-refractivity contribution in [2.24, 2.45) is 11.8 Å². The van der Waals surface area contributed by atoms with Gasteiger partial charge >= 0.3 is 5.97 Å². The van der Waals surface area contributed by atoms with E-state index in [1.54, 1.807) is 12.1 Å². The SMILES string of the molecule is O=C(O)C1CCCC(C(=O)/C=C/c2ccc(O)c(O)c2)C1. The maximum Gasteiger partial charge on any atom is 0.306 e. The Hall–Kier alpha value is -2.30. The summed E-state index contributed by atoms with van der Waals surface area (Å²) in [5, 5.41) is 27.6.